The molecule has 0 heterocycles. The summed E-state index contributed by atoms with van der Waals surface area (Å²) in [4.78, 5) is 22.0. The van der Waals surface area contributed by atoms with Crippen LogP contribution in [-0.4, -0.2) is 87.2 Å². The molecule has 0 aliphatic rings. The molecule has 0 saturated heterocycles. The molecule has 3 aromatic carbocycles. The van der Waals surface area contributed by atoms with E-state index in [0.717, 1.165) is 71.2 Å². The minimum absolute atomic E-state index is 0.0950. The number of aliphatic hydroxyl groups excluding tert-OH is 2. The Bertz CT molecular complexity index is 1510. The lowest BCUT2D eigenvalue weighted by atomic mass is 10.1. The van der Waals surface area contributed by atoms with E-state index in [2.05, 4.69) is 31.1 Å². The van der Waals surface area contributed by atoms with Crippen LogP contribution in [0, 0.1) is 11.8 Å². The van der Waals surface area contributed by atoms with Gasteiger partial charge in [-0.25, -0.2) is 9.59 Å². The third-order valence-corrected chi connectivity index (χ3v) is 6.71. The van der Waals surface area contributed by atoms with Gasteiger partial charge in [0.1, 0.15) is 36.9 Å². The van der Waals surface area contributed by atoms with Crippen LogP contribution in [-0.2, 0) is 28.5 Å². The zero-order chi connectivity index (χ0) is 34.4. The Labute approximate surface area is 281 Å². The van der Waals surface area contributed by atoms with Crippen LogP contribution in [0.4, 0.5) is 0 Å². The predicted molar refractivity (Wildman–Crippen MR) is 182 cm³/mol. The number of hydrogen-bond acceptors (Lipinski definition) is 10. The fourth-order valence-corrected chi connectivity index (χ4v) is 4.17. The number of esters is 2. The molecule has 2 atom stereocenters. The van der Waals surface area contributed by atoms with Crippen molar-refractivity contribution in [2.24, 2.45) is 0 Å². The third kappa shape index (κ3) is 15.3. The van der Waals surface area contributed by atoms with Gasteiger partial charge in [-0.2, -0.15) is 0 Å². The maximum absolute atomic E-state index is 11.0. The number of carbonyl (C=O) groups is 2. The van der Waals surface area contributed by atoms with Crippen molar-refractivity contribution in [1.82, 2.24) is 0 Å². The van der Waals surface area contributed by atoms with E-state index in [-0.39, 0.29) is 26.4 Å². The number of ether oxygens (including phenoxy) is 6. The van der Waals surface area contributed by atoms with Gasteiger partial charge in [0, 0.05) is 36.5 Å². The van der Waals surface area contributed by atoms with Gasteiger partial charge >= 0.3 is 11.9 Å². The number of hydrogen-bond donors (Lipinski definition) is 2. The summed E-state index contributed by atoms with van der Waals surface area (Å²) < 4.78 is 32.0. The number of benzene rings is 3. The number of carbonyl (C=O) groups excluding carboxylic acids is 2. The molecule has 3 aromatic rings. The van der Waals surface area contributed by atoms with Gasteiger partial charge in [0.05, 0.1) is 26.4 Å². The van der Waals surface area contributed by atoms with Crippen LogP contribution < -0.4 is 9.47 Å². The Hall–Kier alpha value is -4.66. The molecule has 0 bridgehead atoms. The van der Waals surface area contributed by atoms with Crippen LogP contribution >= 0.6 is 0 Å². The summed E-state index contributed by atoms with van der Waals surface area (Å²) in [6, 6.07) is 19.7. The van der Waals surface area contributed by atoms with Crippen molar-refractivity contribution in [3.05, 3.63) is 97.1 Å². The summed E-state index contributed by atoms with van der Waals surface area (Å²) in [6.45, 7) is 8.58. The Morgan fingerprint density at radius 1 is 0.604 bits per heavy atom. The first-order valence-corrected chi connectivity index (χ1v) is 15.9. The van der Waals surface area contributed by atoms with E-state index in [9.17, 15) is 19.8 Å². The maximum Gasteiger partial charge on any atom is 0.330 e. The molecule has 0 aromatic heterocycles. The Kier molecular flexibility index (Phi) is 17.3. The van der Waals surface area contributed by atoms with Crippen molar-refractivity contribution in [2.75, 3.05) is 52.9 Å². The molecule has 2 unspecified atom stereocenters. The topological polar surface area (TPSA) is 130 Å². The number of rotatable bonds is 22. The average molecular weight is 661 g/mol. The van der Waals surface area contributed by atoms with E-state index in [1.165, 1.54) is 0 Å². The van der Waals surface area contributed by atoms with E-state index < -0.39 is 24.1 Å². The second-order valence-electron chi connectivity index (χ2n) is 10.7. The molecule has 10 heteroatoms. The first-order valence-electron chi connectivity index (χ1n) is 15.9. The van der Waals surface area contributed by atoms with Crippen molar-refractivity contribution >= 4 is 22.7 Å². The van der Waals surface area contributed by atoms with Crippen molar-refractivity contribution in [1.29, 1.82) is 0 Å². The molecule has 0 aliphatic heterocycles. The molecule has 3 rings (SSSR count). The van der Waals surface area contributed by atoms with Gasteiger partial charge in [0.15, 0.2) is 0 Å². The van der Waals surface area contributed by atoms with Crippen LogP contribution in [0.25, 0.3) is 10.8 Å². The first kappa shape index (κ1) is 37.8. The van der Waals surface area contributed by atoms with E-state index in [0.29, 0.717) is 26.4 Å². The summed E-state index contributed by atoms with van der Waals surface area (Å²) in [5.41, 5.74) is 1.79. The largest absolute Gasteiger partial charge is 0.494 e. The summed E-state index contributed by atoms with van der Waals surface area (Å²) in [6.07, 6.45) is 3.50. The predicted octanol–water partition coefficient (Wildman–Crippen LogP) is 4.77. The maximum atomic E-state index is 11.0. The number of unbranched alkanes of at least 4 members (excludes halogenated alkanes) is 2. The highest BCUT2D eigenvalue weighted by Crippen LogP contribution is 2.22. The Morgan fingerprint density at radius 2 is 1.06 bits per heavy atom. The Balaban J connectivity index is 1.31. The molecule has 2 N–H and O–H groups in total. The number of fused-ring (bicyclic) bond motifs is 1. The highest BCUT2D eigenvalue weighted by atomic mass is 16.6. The highest BCUT2D eigenvalue weighted by Gasteiger charge is 2.08. The van der Waals surface area contributed by atoms with Crippen molar-refractivity contribution < 1.29 is 48.2 Å². The van der Waals surface area contributed by atoms with Crippen LogP contribution in [0.1, 0.15) is 36.8 Å². The van der Waals surface area contributed by atoms with E-state index in [1.54, 1.807) is 0 Å². The van der Waals surface area contributed by atoms with Gasteiger partial charge in [0.2, 0.25) is 0 Å². The zero-order valence-corrected chi connectivity index (χ0v) is 27.1. The van der Waals surface area contributed by atoms with E-state index in [1.807, 2.05) is 54.6 Å². The minimum Gasteiger partial charge on any atom is -0.494 e. The summed E-state index contributed by atoms with van der Waals surface area (Å²) in [7, 11) is 0. The molecule has 256 valence electrons. The molecule has 0 amide bonds. The second-order valence-corrected chi connectivity index (χ2v) is 10.7. The van der Waals surface area contributed by atoms with Crippen molar-refractivity contribution in [2.45, 2.75) is 37.9 Å². The minimum atomic E-state index is -0.865. The van der Waals surface area contributed by atoms with Crippen LogP contribution in [0.2, 0.25) is 0 Å². The first-order chi connectivity index (χ1) is 23.4. The van der Waals surface area contributed by atoms with Crippen molar-refractivity contribution in [3.8, 4) is 23.3 Å². The molecule has 0 aliphatic carbocycles. The lowest BCUT2D eigenvalue weighted by Gasteiger charge is -2.11. The van der Waals surface area contributed by atoms with Crippen LogP contribution in [0.15, 0.2) is 86.0 Å². The standard InChI is InChI=1S/C38H44O10/c1-3-37(41)47-27-33(39)25-43-19-5-7-21-45-35-16-12-29(13-17-35)9-10-30-11-14-32-24-36(18-15-31(32)23-30)46-22-8-6-20-44-26-34(40)28-48-38(42)4-2/h3-4,11-18,23-24,33-34,39-40H,1-2,5-8,19-22,25-28H2. The monoisotopic (exact) mass is 660 g/mol. The lowest BCUT2D eigenvalue weighted by molar-refractivity contribution is -0.142. The van der Waals surface area contributed by atoms with Crippen LogP contribution in [0.5, 0.6) is 11.5 Å². The van der Waals surface area contributed by atoms with E-state index >= 15 is 0 Å². The fraction of sp³-hybridized carbons (Fsp3) is 0.368. The molecule has 0 spiro atoms. The third-order valence-electron chi connectivity index (χ3n) is 6.71. The molecular formula is C38H44O10. The molecule has 0 saturated carbocycles. The van der Waals surface area contributed by atoms with E-state index in [4.69, 9.17) is 28.4 Å². The SMILES string of the molecule is C=CC(=O)OCC(O)COCCCCOc1ccc(C#Cc2ccc3cc(OCCCCOCC(O)COC(=O)C=C)ccc3c2)cc1. The molecular weight excluding hydrogens is 616 g/mol. The summed E-state index contributed by atoms with van der Waals surface area (Å²) in [5, 5.41) is 21.6. The van der Waals surface area contributed by atoms with Gasteiger partial charge in [-0.1, -0.05) is 37.1 Å². The zero-order valence-electron chi connectivity index (χ0n) is 27.1. The molecule has 10 nitrogen and oxygen atoms in total. The van der Waals surface area contributed by atoms with Crippen molar-refractivity contribution in [3.63, 3.8) is 0 Å². The summed E-state index contributed by atoms with van der Waals surface area (Å²) in [5.74, 6) is 6.84. The van der Waals surface area contributed by atoms with Gasteiger partial charge in [-0.15, -0.1) is 0 Å². The van der Waals surface area contributed by atoms with Gasteiger partial charge in [-0.05, 0) is 85.0 Å². The highest BCUT2D eigenvalue weighted by molar-refractivity contribution is 5.85. The number of aliphatic hydroxyl groups is 2. The molecule has 48 heavy (non-hydrogen) atoms. The normalized spacial score (nSPS) is 11.9. The summed E-state index contributed by atoms with van der Waals surface area (Å²) >= 11 is 0. The second kappa shape index (κ2) is 22.0. The van der Waals surface area contributed by atoms with Gasteiger partial charge < -0.3 is 38.6 Å². The van der Waals surface area contributed by atoms with Gasteiger partial charge in [0.25, 0.3) is 0 Å². The molecule has 0 radical (unpaired) electrons. The van der Waals surface area contributed by atoms with Gasteiger partial charge in [-0.3, -0.25) is 0 Å². The van der Waals surface area contributed by atoms with Crippen LogP contribution in [0.3, 0.4) is 0 Å². The smallest absolute Gasteiger partial charge is 0.330 e. The Morgan fingerprint density at radius 3 is 1.65 bits per heavy atom. The lowest BCUT2D eigenvalue weighted by Crippen LogP contribution is -2.23. The average Bonchev–Trinajstić information content (AvgIpc) is 3.11. The quantitative estimate of drug-likeness (QED) is 0.0673. The fourth-order valence-electron chi connectivity index (χ4n) is 4.17. The molecule has 0 fully saturated rings.